The Labute approximate surface area is 190 Å². The summed E-state index contributed by atoms with van der Waals surface area (Å²) in [5.74, 6) is -1.34. The van der Waals surface area contributed by atoms with Crippen molar-refractivity contribution in [3.8, 4) is 11.3 Å². The molecule has 168 valence electrons. The van der Waals surface area contributed by atoms with Crippen molar-refractivity contribution in [2.45, 2.75) is 13.5 Å². The van der Waals surface area contributed by atoms with Crippen LogP contribution < -0.4 is 0 Å². The number of likely N-dealkylation sites (N-methyl/N-ethyl adjacent to an activating group) is 1. The van der Waals surface area contributed by atoms with Crippen LogP contribution in [0, 0.1) is 12.7 Å². The van der Waals surface area contributed by atoms with E-state index in [0.717, 1.165) is 11.1 Å². The van der Waals surface area contributed by atoms with Crippen LogP contribution >= 0.6 is 0 Å². The zero-order chi connectivity index (χ0) is 23.5. The van der Waals surface area contributed by atoms with E-state index in [0.29, 0.717) is 28.0 Å². The maximum Gasteiger partial charge on any atom is 0.339 e. The fourth-order valence-corrected chi connectivity index (χ4v) is 3.63. The van der Waals surface area contributed by atoms with Crippen LogP contribution in [0.5, 0.6) is 0 Å². The molecule has 4 aromatic rings. The lowest BCUT2D eigenvalue weighted by Crippen LogP contribution is -2.30. The van der Waals surface area contributed by atoms with Crippen LogP contribution in [0.2, 0.25) is 0 Å². The molecule has 8 heteroatoms. The van der Waals surface area contributed by atoms with Gasteiger partial charge in [0.25, 0.3) is 5.91 Å². The van der Waals surface area contributed by atoms with Crippen LogP contribution in [0.15, 0.2) is 60.7 Å². The number of hydrogen-bond donors (Lipinski definition) is 0. The van der Waals surface area contributed by atoms with Crippen LogP contribution in [0.25, 0.3) is 22.3 Å². The number of aromatic nitrogens is 3. The molecule has 33 heavy (non-hydrogen) atoms. The number of nitrogens with zero attached hydrogens (tertiary/aromatic N) is 4. The molecule has 0 aliphatic carbocycles. The number of carbonyl (C=O) groups excluding carboxylic acids is 2. The highest BCUT2D eigenvalue weighted by Gasteiger charge is 2.21. The highest BCUT2D eigenvalue weighted by Crippen LogP contribution is 2.27. The van der Waals surface area contributed by atoms with Gasteiger partial charge in [-0.1, -0.05) is 42.5 Å². The largest absolute Gasteiger partial charge is 0.452 e. The van der Waals surface area contributed by atoms with Crippen molar-refractivity contribution in [3.05, 3.63) is 83.3 Å². The molecule has 0 aliphatic heterocycles. The molecule has 0 spiro atoms. The number of pyridine rings is 1. The molecule has 0 saturated heterocycles. The van der Waals surface area contributed by atoms with Crippen LogP contribution in [0.4, 0.5) is 4.39 Å². The summed E-state index contributed by atoms with van der Waals surface area (Å²) in [4.78, 5) is 31.6. The van der Waals surface area contributed by atoms with E-state index in [1.54, 1.807) is 43.9 Å². The SMILES string of the molecule is Cc1nn(C)c2nc(-c3ccccc3)cc(C(=O)OCC(=O)N(C)Cc3ccc(F)cc3)c12. The number of benzene rings is 2. The van der Waals surface area contributed by atoms with Gasteiger partial charge in [-0.25, -0.2) is 14.2 Å². The second kappa shape index (κ2) is 9.20. The Balaban J connectivity index is 1.55. The number of ether oxygens (including phenoxy) is 1. The summed E-state index contributed by atoms with van der Waals surface area (Å²) >= 11 is 0. The monoisotopic (exact) mass is 446 g/mol. The van der Waals surface area contributed by atoms with Crippen molar-refractivity contribution in [2.24, 2.45) is 7.05 Å². The molecule has 0 unspecified atom stereocenters. The lowest BCUT2D eigenvalue weighted by Gasteiger charge is -2.17. The van der Waals surface area contributed by atoms with Crippen molar-refractivity contribution in [1.82, 2.24) is 19.7 Å². The Kier molecular flexibility index (Phi) is 6.17. The minimum atomic E-state index is -0.626. The third-order valence-electron chi connectivity index (χ3n) is 5.34. The Bertz CT molecular complexity index is 1320. The average molecular weight is 446 g/mol. The van der Waals surface area contributed by atoms with Gasteiger partial charge in [0.2, 0.25) is 0 Å². The van der Waals surface area contributed by atoms with Crippen molar-refractivity contribution in [1.29, 1.82) is 0 Å². The first kappa shape index (κ1) is 22.1. The molecule has 0 fully saturated rings. The molecule has 4 rings (SSSR count). The minimum absolute atomic E-state index is 0.274. The van der Waals surface area contributed by atoms with E-state index in [1.807, 2.05) is 30.3 Å². The number of carbonyl (C=O) groups is 2. The van der Waals surface area contributed by atoms with Crippen molar-refractivity contribution in [3.63, 3.8) is 0 Å². The highest BCUT2D eigenvalue weighted by molar-refractivity contribution is 6.05. The normalized spacial score (nSPS) is 10.9. The molecule has 0 atom stereocenters. The Hall–Kier alpha value is -4.07. The number of fused-ring (bicyclic) bond motifs is 1. The maximum atomic E-state index is 13.1. The molecular weight excluding hydrogens is 423 g/mol. The highest BCUT2D eigenvalue weighted by atomic mass is 19.1. The van der Waals surface area contributed by atoms with E-state index in [9.17, 15) is 14.0 Å². The molecule has 2 aromatic heterocycles. The Morgan fingerprint density at radius 3 is 2.48 bits per heavy atom. The van der Waals surface area contributed by atoms with Gasteiger partial charge in [0.1, 0.15) is 5.82 Å². The minimum Gasteiger partial charge on any atom is -0.452 e. The van der Waals surface area contributed by atoms with E-state index in [1.165, 1.54) is 17.0 Å². The predicted octanol–water partition coefficient (Wildman–Crippen LogP) is 3.90. The summed E-state index contributed by atoms with van der Waals surface area (Å²) in [5.41, 5.74) is 3.73. The summed E-state index contributed by atoms with van der Waals surface area (Å²) in [5, 5.41) is 4.98. The summed E-state index contributed by atoms with van der Waals surface area (Å²) in [6, 6.07) is 17.0. The van der Waals surface area contributed by atoms with E-state index in [-0.39, 0.29) is 18.3 Å². The number of esters is 1. The zero-order valence-corrected chi connectivity index (χ0v) is 18.6. The quantitative estimate of drug-likeness (QED) is 0.420. The predicted molar refractivity (Wildman–Crippen MR) is 122 cm³/mol. The zero-order valence-electron chi connectivity index (χ0n) is 18.6. The second-order valence-electron chi connectivity index (χ2n) is 7.78. The van der Waals surface area contributed by atoms with Gasteiger partial charge in [-0.2, -0.15) is 5.10 Å². The second-order valence-corrected chi connectivity index (χ2v) is 7.78. The fraction of sp³-hybridized carbons (Fsp3) is 0.200. The molecule has 1 amide bonds. The van der Waals surface area contributed by atoms with E-state index in [2.05, 4.69) is 10.1 Å². The van der Waals surface area contributed by atoms with E-state index in [4.69, 9.17) is 4.74 Å². The van der Waals surface area contributed by atoms with Crippen molar-refractivity contribution in [2.75, 3.05) is 13.7 Å². The number of rotatable bonds is 6. The van der Waals surface area contributed by atoms with Crippen LogP contribution in [-0.2, 0) is 23.1 Å². The summed E-state index contributed by atoms with van der Waals surface area (Å²) in [6.07, 6.45) is 0. The summed E-state index contributed by atoms with van der Waals surface area (Å²) in [6.45, 7) is 1.65. The number of aryl methyl sites for hydroxylation is 2. The molecule has 2 aromatic carbocycles. The van der Waals surface area contributed by atoms with Crippen molar-refractivity contribution >= 4 is 22.9 Å². The first-order valence-electron chi connectivity index (χ1n) is 10.4. The number of halogens is 1. The fourth-order valence-electron chi connectivity index (χ4n) is 3.63. The lowest BCUT2D eigenvalue weighted by atomic mass is 10.1. The third kappa shape index (κ3) is 4.74. The third-order valence-corrected chi connectivity index (χ3v) is 5.34. The molecule has 0 bridgehead atoms. The van der Waals surface area contributed by atoms with Gasteiger partial charge in [0.15, 0.2) is 12.3 Å². The van der Waals surface area contributed by atoms with Gasteiger partial charge in [-0.3, -0.25) is 9.48 Å². The van der Waals surface area contributed by atoms with Gasteiger partial charge in [0, 0.05) is 26.2 Å². The molecule has 2 heterocycles. The Morgan fingerprint density at radius 1 is 1.09 bits per heavy atom. The summed E-state index contributed by atoms with van der Waals surface area (Å²) < 4.78 is 20.1. The van der Waals surface area contributed by atoms with Gasteiger partial charge >= 0.3 is 5.97 Å². The van der Waals surface area contributed by atoms with Crippen LogP contribution in [0.3, 0.4) is 0 Å². The summed E-state index contributed by atoms with van der Waals surface area (Å²) in [7, 11) is 3.36. The molecule has 0 aliphatic rings. The van der Waals surface area contributed by atoms with Crippen molar-refractivity contribution < 1.29 is 18.7 Å². The van der Waals surface area contributed by atoms with E-state index >= 15 is 0 Å². The maximum absolute atomic E-state index is 13.1. The van der Waals surface area contributed by atoms with Gasteiger partial charge < -0.3 is 9.64 Å². The standard InChI is InChI=1S/C25H23FN4O3/c1-16-23-20(13-21(18-7-5-4-6-8-18)27-24(23)30(3)28-16)25(32)33-15-22(31)29(2)14-17-9-11-19(26)12-10-17/h4-13H,14-15H2,1-3H3. The smallest absolute Gasteiger partial charge is 0.339 e. The first-order chi connectivity index (χ1) is 15.8. The number of amides is 1. The van der Waals surface area contributed by atoms with Crippen LogP contribution in [0.1, 0.15) is 21.6 Å². The van der Waals surface area contributed by atoms with Crippen LogP contribution in [-0.4, -0.2) is 45.2 Å². The number of hydrogen-bond acceptors (Lipinski definition) is 5. The Morgan fingerprint density at radius 2 is 1.79 bits per heavy atom. The lowest BCUT2D eigenvalue weighted by molar-refractivity contribution is -0.133. The molecular formula is C25H23FN4O3. The average Bonchev–Trinajstić information content (AvgIpc) is 3.12. The first-order valence-corrected chi connectivity index (χ1v) is 10.4. The molecule has 7 nitrogen and oxygen atoms in total. The molecule has 0 radical (unpaired) electrons. The molecule has 0 saturated carbocycles. The van der Waals surface area contributed by atoms with E-state index < -0.39 is 12.6 Å². The molecule has 0 N–H and O–H groups in total. The van der Waals surface area contributed by atoms with Gasteiger partial charge in [0.05, 0.1) is 22.3 Å². The van der Waals surface area contributed by atoms with Gasteiger partial charge in [-0.05, 0) is 30.7 Å². The van der Waals surface area contributed by atoms with Gasteiger partial charge in [-0.15, -0.1) is 0 Å². The topological polar surface area (TPSA) is 77.3 Å².